The second kappa shape index (κ2) is 5.64. The third-order valence-electron chi connectivity index (χ3n) is 2.42. The van der Waals surface area contributed by atoms with Crippen LogP contribution in [-0.4, -0.2) is 10.1 Å². The van der Waals surface area contributed by atoms with Gasteiger partial charge in [-0.3, -0.25) is 0 Å². The van der Waals surface area contributed by atoms with Crippen LogP contribution in [0.5, 0.6) is 0 Å². The summed E-state index contributed by atoms with van der Waals surface area (Å²) in [6.45, 7) is 0. The summed E-state index contributed by atoms with van der Waals surface area (Å²) in [5.74, 6) is 0. The molecule has 18 heavy (non-hydrogen) atoms. The Labute approximate surface area is 124 Å². The number of pyridine rings is 1. The molecule has 1 N–H and O–H groups in total. The molecule has 0 aliphatic heterocycles. The average Bonchev–Trinajstić information content (AvgIpc) is 2.37. The van der Waals surface area contributed by atoms with Crippen molar-refractivity contribution in [2.45, 2.75) is 6.10 Å². The van der Waals surface area contributed by atoms with Gasteiger partial charge in [-0.15, -0.1) is 0 Å². The van der Waals surface area contributed by atoms with Crippen molar-refractivity contribution < 1.29 is 5.11 Å². The predicted octanol–water partition coefficient (Wildman–Crippen LogP) is 4.78. The van der Waals surface area contributed by atoms with Crippen LogP contribution in [0.1, 0.15) is 17.2 Å². The topological polar surface area (TPSA) is 33.1 Å². The third kappa shape index (κ3) is 2.58. The number of nitrogens with zero attached hydrogens (tertiary/aromatic N) is 1. The van der Waals surface area contributed by atoms with Gasteiger partial charge in [0.05, 0.1) is 10.0 Å². The molecule has 1 aromatic carbocycles. The van der Waals surface area contributed by atoms with E-state index in [0.29, 0.717) is 5.56 Å². The van der Waals surface area contributed by atoms with Crippen LogP contribution >= 0.6 is 46.4 Å². The minimum Gasteiger partial charge on any atom is -0.384 e. The van der Waals surface area contributed by atoms with Crippen LogP contribution in [0.2, 0.25) is 20.4 Å². The molecule has 94 valence electrons. The predicted molar refractivity (Wildman–Crippen MR) is 74.8 cm³/mol. The summed E-state index contributed by atoms with van der Waals surface area (Å²) in [6.07, 6.45) is -1.01. The molecule has 0 radical (unpaired) electrons. The van der Waals surface area contributed by atoms with Gasteiger partial charge in [0.15, 0.2) is 0 Å². The van der Waals surface area contributed by atoms with Crippen LogP contribution in [0.15, 0.2) is 30.3 Å². The first kappa shape index (κ1) is 13.9. The molecule has 0 fully saturated rings. The summed E-state index contributed by atoms with van der Waals surface area (Å²) in [7, 11) is 0. The van der Waals surface area contributed by atoms with Crippen molar-refractivity contribution in [2.75, 3.05) is 0 Å². The summed E-state index contributed by atoms with van der Waals surface area (Å²) >= 11 is 23.7. The maximum Gasteiger partial charge on any atom is 0.149 e. The number of hydrogen-bond acceptors (Lipinski definition) is 2. The first-order valence-electron chi connectivity index (χ1n) is 4.95. The standard InChI is InChI=1S/C12H7Cl4NO/c13-8-7(9(14)12(16)17-11(8)15)10(18)6-4-2-1-3-5-6/h1-5,10,18H/t10-/m0/s1. The minimum absolute atomic E-state index is 0.0102. The van der Waals surface area contributed by atoms with E-state index in [1.165, 1.54) is 0 Å². The first-order chi connectivity index (χ1) is 8.52. The van der Waals surface area contributed by atoms with Crippen LogP contribution in [0, 0.1) is 0 Å². The zero-order chi connectivity index (χ0) is 13.3. The zero-order valence-corrected chi connectivity index (χ0v) is 11.9. The van der Waals surface area contributed by atoms with E-state index in [2.05, 4.69) is 4.98 Å². The van der Waals surface area contributed by atoms with Crippen molar-refractivity contribution in [3.05, 3.63) is 61.8 Å². The number of halogens is 4. The Balaban J connectivity index is 2.58. The Hall–Kier alpha value is -0.510. The molecule has 6 heteroatoms. The molecule has 0 aliphatic rings. The van der Waals surface area contributed by atoms with Gasteiger partial charge in [-0.1, -0.05) is 76.7 Å². The molecule has 0 amide bonds. The Morgan fingerprint density at radius 1 is 0.889 bits per heavy atom. The Morgan fingerprint density at radius 3 is 1.89 bits per heavy atom. The number of benzene rings is 1. The van der Waals surface area contributed by atoms with Crippen LogP contribution in [0.25, 0.3) is 0 Å². The summed E-state index contributed by atoms with van der Waals surface area (Å²) in [5, 5.41) is 10.5. The average molecular weight is 323 g/mol. The second-order valence-corrected chi connectivity index (χ2v) is 5.02. The Kier molecular flexibility index (Phi) is 4.36. The van der Waals surface area contributed by atoms with Gasteiger partial charge >= 0.3 is 0 Å². The van der Waals surface area contributed by atoms with E-state index in [0.717, 1.165) is 0 Å². The maximum atomic E-state index is 10.3. The molecule has 0 spiro atoms. The molecular weight excluding hydrogens is 316 g/mol. The second-order valence-electron chi connectivity index (χ2n) is 3.55. The number of aromatic nitrogens is 1. The fourth-order valence-electron chi connectivity index (χ4n) is 1.55. The van der Waals surface area contributed by atoms with E-state index in [4.69, 9.17) is 46.4 Å². The van der Waals surface area contributed by atoms with E-state index in [1.54, 1.807) is 24.3 Å². The van der Waals surface area contributed by atoms with Crippen molar-refractivity contribution in [3.8, 4) is 0 Å². The van der Waals surface area contributed by atoms with Crippen molar-refractivity contribution in [1.82, 2.24) is 4.98 Å². The molecule has 2 nitrogen and oxygen atoms in total. The molecule has 1 heterocycles. The summed E-state index contributed by atoms with van der Waals surface area (Å²) in [6, 6.07) is 8.93. The van der Waals surface area contributed by atoms with E-state index < -0.39 is 6.10 Å². The molecule has 0 bridgehead atoms. The highest BCUT2D eigenvalue weighted by molar-refractivity contribution is 6.46. The lowest BCUT2D eigenvalue weighted by Gasteiger charge is -2.16. The molecule has 1 atom stereocenters. The zero-order valence-electron chi connectivity index (χ0n) is 8.87. The molecule has 0 unspecified atom stereocenters. The number of rotatable bonds is 2. The van der Waals surface area contributed by atoms with Gasteiger partial charge in [-0.05, 0) is 5.56 Å². The van der Waals surface area contributed by atoms with Crippen molar-refractivity contribution in [3.63, 3.8) is 0 Å². The quantitative estimate of drug-likeness (QED) is 0.807. The van der Waals surface area contributed by atoms with Crippen LogP contribution in [-0.2, 0) is 0 Å². The molecule has 2 rings (SSSR count). The first-order valence-corrected chi connectivity index (χ1v) is 6.46. The number of hydrogen-bond donors (Lipinski definition) is 1. The van der Waals surface area contributed by atoms with E-state index in [9.17, 15) is 5.11 Å². The smallest absolute Gasteiger partial charge is 0.149 e. The van der Waals surface area contributed by atoms with E-state index in [1.807, 2.05) is 6.07 Å². The normalized spacial score (nSPS) is 12.5. The lowest BCUT2D eigenvalue weighted by molar-refractivity contribution is 0.220. The van der Waals surface area contributed by atoms with Crippen LogP contribution in [0.3, 0.4) is 0 Å². The SMILES string of the molecule is O[C@@H](c1ccccc1)c1c(Cl)c(Cl)nc(Cl)c1Cl. The van der Waals surface area contributed by atoms with Crippen LogP contribution < -0.4 is 0 Å². The van der Waals surface area contributed by atoms with Crippen molar-refractivity contribution >= 4 is 46.4 Å². The number of aliphatic hydroxyl groups is 1. The molecule has 2 aromatic rings. The lowest BCUT2D eigenvalue weighted by Crippen LogP contribution is -2.03. The highest BCUT2D eigenvalue weighted by atomic mass is 35.5. The Morgan fingerprint density at radius 2 is 1.39 bits per heavy atom. The van der Waals surface area contributed by atoms with E-state index >= 15 is 0 Å². The van der Waals surface area contributed by atoms with Crippen molar-refractivity contribution in [1.29, 1.82) is 0 Å². The fourth-order valence-corrected chi connectivity index (χ4v) is 2.49. The van der Waals surface area contributed by atoms with Gasteiger partial charge in [-0.2, -0.15) is 0 Å². The third-order valence-corrected chi connectivity index (χ3v) is 3.93. The van der Waals surface area contributed by atoms with Crippen molar-refractivity contribution in [2.24, 2.45) is 0 Å². The summed E-state index contributed by atoms with van der Waals surface area (Å²) in [4.78, 5) is 3.77. The Bertz CT molecular complexity index is 548. The summed E-state index contributed by atoms with van der Waals surface area (Å²) < 4.78 is 0. The maximum absolute atomic E-state index is 10.3. The minimum atomic E-state index is -1.01. The largest absolute Gasteiger partial charge is 0.384 e. The molecule has 0 aliphatic carbocycles. The highest BCUT2D eigenvalue weighted by Gasteiger charge is 2.22. The summed E-state index contributed by atoms with van der Waals surface area (Å²) in [5.41, 5.74) is 0.897. The van der Waals surface area contributed by atoms with Gasteiger partial charge in [0.25, 0.3) is 0 Å². The fraction of sp³-hybridized carbons (Fsp3) is 0.0833. The molecule has 0 saturated heterocycles. The monoisotopic (exact) mass is 321 g/mol. The number of aliphatic hydroxyl groups excluding tert-OH is 1. The van der Waals surface area contributed by atoms with E-state index in [-0.39, 0.29) is 25.9 Å². The van der Waals surface area contributed by atoms with Gasteiger partial charge in [0.1, 0.15) is 16.4 Å². The van der Waals surface area contributed by atoms with Gasteiger partial charge in [0.2, 0.25) is 0 Å². The van der Waals surface area contributed by atoms with Gasteiger partial charge < -0.3 is 5.11 Å². The molecular formula is C12H7Cl4NO. The van der Waals surface area contributed by atoms with Crippen LogP contribution in [0.4, 0.5) is 0 Å². The lowest BCUT2D eigenvalue weighted by atomic mass is 10.0. The molecule has 0 saturated carbocycles. The highest BCUT2D eigenvalue weighted by Crippen LogP contribution is 2.40. The van der Waals surface area contributed by atoms with Gasteiger partial charge in [-0.25, -0.2) is 4.98 Å². The van der Waals surface area contributed by atoms with Gasteiger partial charge in [0, 0.05) is 5.56 Å². The molecule has 1 aromatic heterocycles.